The summed E-state index contributed by atoms with van der Waals surface area (Å²) in [5, 5.41) is 2.66. The molecule has 0 spiro atoms. The number of thiophene rings is 1. The van der Waals surface area contributed by atoms with Gasteiger partial charge in [0.1, 0.15) is 4.21 Å². The summed E-state index contributed by atoms with van der Waals surface area (Å²) in [6.45, 7) is 2.70. The van der Waals surface area contributed by atoms with Crippen molar-refractivity contribution in [3.63, 3.8) is 0 Å². The SMILES string of the molecule is Cc1ccc(S(=O)(=O)N2CCCNC(=O)C2)s1. The van der Waals surface area contributed by atoms with Crippen LogP contribution in [0.5, 0.6) is 0 Å². The lowest BCUT2D eigenvalue weighted by Crippen LogP contribution is -2.37. The quantitative estimate of drug-likeness (QED) is 0.857. The lowest BCUT2D eigenvalue weighted by Gasteiger charge is -2.17. The van der Waals surface area contributed by atoms with Crippen LogP contribution in [0, 0.1) is 6.92 Å². The first-order chi connectivity index (χ1) is 8.00. The van der Waals surface area contributed by atoms with Crippen LogP contribution in [0.2, 0.25) is 0 Å². The van der Waals surface area contributed by atoms with Crippen LogP contribution in [0.4, 0.5) is 0 Å². The number of carbonyl (C=O) groups is 1. The Labute approximate surface area is 104 Å². The van der Waals surface area contributed by atoms with Gasteiger partial charge in [-0.1, -0.05) is 0 Å². The molecule has 1 aromatic rings. The van der Waals surface area contributed by atoms with Gasteiger partial charge < -0.3 is 5.32 Å². The molecule has 5 nitrogen and oxygen atoms in total. The number of nitrogens with zero attached hydrogens (tertiary/aromatic N) is 1. The fraction of sp³-hybridized carbons (Fsp3) is 0.500. The van der Waals surface area contributed by atoms with Gasteiger partial charge in [0.15, 0.2) is 0 Å². The number of hydrogen-bond acceptors (Lipinski definition) is 4. The number of amides is 1. The molecule has 2 heterocycles. The van der Waals surface area contributed by atoms with E-state index in [1.54, 1.807) is 12.1 Å². The Bertz CT molecular complexity index is 521. The lowest BCUT2D eigenvalue weighted by molar-refractivity contribution is -0.120. The molecule has 0 saturated carbocycles. The van der Waals surface area contributed by atoms with Gasteiger partial charge in [0.05, 0.1) is 6.54 Å². The molecule has 0 atom stereocenters. The van der Waals surface area contributed by atoms with E-state index < -0.39 is 10.0 Å². The zero-order chi connectivity index (χ0) is 12.5. The van der Waals surface area contributed by atoms with E-state index in [4.69, 9.17) is 0 Å². The normalized spacial score (nSPS) is 18.8. The number of aryl methyl sites for hydroxylation is 1. The molecule has 0 radical (unpaired) electrons. The Morgan fingerprint density at radius 1 is 1.41 bits per heavy atom. The summed E-state index contributed by atoms with van der Waals surface area (Å²) in [5.41, 5.74) is 0. The van der Waals surface area contributed by atoms with Crippen LogP contribution >= 0.6 is 11.3 Å². The maximum absolute atomic E-state index is 12.3. The van der Waals surface area contributed by atoms with E-state index in [2.05, 4.69) is 5.32 Å². The number of nitrogens with one attached hydrogen (secondary N) is 1. The van der Waals surface area contributed by atoms with Crippen LogP contribution < -0.4 is 5.32 Å². The highest BCUT2D eigenvalue weighted by Gasteiger charge is 2.28. The monoisotopic (exact) mass is 274 g/mol. The predicted molar refractivity (Wildman–Crippen MR) is 65.4 cm³/mol. The molecule has 0 unspecified atom stereocenters. The standard InChI is InChI=1S/C10H14N2O3S2/c1-8-3-4-10(16-8)17(14,15)12-6-2-5-11-9(13)7-12/h3-4H,2,5-7H2,1H3,(H,11,13). The Kier molecular flexibility index (Phi) is 3.50. The van der Waals surface area contributed by atoms with Crippen molar-refractivity contribution < 1.29 is 13.2 Å². The summed E-state index contributed by atoms with van der Waals surface area (Å²) in [5.74, 6) is -0.237. The van der Waals surface area contributed by atoms with Crippen molar-refractivity contribution in [1.82, 2.24) is 9.62 Å². The van der Waals surface area contributed by atoms with E-state index in [1.165, 1.54) is 15.6 Å². The highest BCUT2D eigenvalue weighted by atomic mass is 32.2. The molecular weight excluding hydrogens is 260 g/mol. The van der Waals surface area contributed by atoms with E-state index >= 15 is 0 Å². The van der Waals surface area contributed by atoms with Crippen molar-refractivity contribution in [3.05, 3.63) is 17.0 Å². The highest BCUT2D eigenvalue weighted by Crippen LogP contribution is 2.24. The van der Waals surface area contributed by atoms with Crippen LogP contribution in [0.1, 0.15) is 11.3 Å². The first-order valence-corrected chi connectivity index (χ1v) is 7.59. The largest absolute Gasteiger partial charge is 0.355 e. The van der Waals surface area contributed by atoms with Gasteiger partial charge in [-0.2, -0.15) is 4.31 Å². The molecule has 1 amide bonds. The van der Waals surface area contributed by atoms with E-state index in [1.807, 2.05) is 6.92 Å². The summed E-state index contributed by atoms with van der Waals surface area (Å²) < 4.78 is 26.1. The minimum absolute atomic E-state index is 0.0840. The van der Waals surface area contributed by atoms with E-state index in [0.29, 0.717) is 23.7 Å². The minimum atomic E-state index is -3.51. The maximum atomic E-state index is 12.3. The Morgan fingerprint density at radius 3 is 2.82 bits per heavy atom. The number of carbonyl (C=O) groups excluding carboxylic acids is 1. The molecule has 94 valence electrons. The summed E-state index contributed by atoms with van der Waals surface area (Å²) in [4.78, 5) is 12.3. The van der Waals surface area contributed by atoms with E-state index in [9.17, 15) is 13.2 Å². The van der Waals surface area contributed by atoms with Crippen LogP contribution in [0.15, 0.2) is 16.3 Å². The molecule has 0 aliphatic carbocycles. The van der Waals surface area contributed by atoms with Crippen molar-refractivity contribution in [2.75, 3.05) is 19.6 Å². The first kappa shape index (κ1) is 12.5. The van der Waals surface area contributed by atoms with Crippen LogP contribution in [-0.2, 0) is 14.8 Å². The Morgan fingerprint density at radius 2 is 2.18 bits per heavy atom. The molecular formula is C10H14N2O3S2. The topological polar surface area (TPSA) is 66.5 Å². The average molecular weight is 274 g/mol. The average Bonchev–Trinajstić information content (AvgIpc) is 2.57. The lowest BCUT2D eigenvalue weighted by atomic mass is 10.4. The van der Waals surface area contributed by atoms with Gasteiger partial charge in [-0.3, -0.25) is 4.79 Å². The van der Waals surface area contributed by atoms with Crippen LogP contribution in [-0.4, -0.2) is 38.3 Å². The first-order valence-electron chi connectivity index (χ1n) is 5.33. The van der Waals surface area contributed by atoms with Gasteiger partial charge in [0.25, 0.3) is 10.0 Å². The second-order valence-corrected chi connectivity index (χ2v) is 7.36. The maximum Gasteiger partial charge on any atom is 0.253 e. The van der Waals surface area contributed by atoms with E-state index in [-0.39, 0.29) is 12.5 Å². The Balaban J connectivity index is 2.28. The van der Waals surface area contributed by atoms with Crippen molar-refractivity contribution in [1.29, 1.82) is 0 Å². The number of hydrogen-bond donors (Lipinski definition) is 1. The molecule has 1 aliphatic heterocycles. The van der Waals surface area contributed by atoms with Crippen molar-refractivity contribution in [2.45, 2.75) is 17.6 Å². The van der Waals surface area contributed by atoms with Gasteiger partial charge in [0.2, 0.25) is 5.91 Å². The molecule has 0 bridgehead atoms. The fourth-order valence-electron chi connectivity index (χ4n) is 1.66. The van der Waals surface area contributed by atoms with Crippen LogP contribution in [0.3, 0.4) is 0 Å². The third kappa shape index (κ3) is 2.67. The molecule has 1 aliphatic rings. The van der Waals surface area contributed by atoms with E-state index in [0.717, 1.165) is 4.88 Å². The fourth-order valence-corrected chi connectivity index (χ4v) is 4.53. The molecule has 1 aromatic heterocycles. The predicted octanol–water partition coefficient (Wildman–Crippen LogP) is 0.567. The van der Waals surface area contributed by atoms with Crippen LogP contribution in [0.25, 0.3) is 0 Å². The van der Waals surface area contributed by atoms with Gasteiger partial charge in [-0.15, -0.1) is 11.3 Å². The molecule has 1 N–H and O–H groups in total. The Hall–Kier alpha value is -0.920. The third-order valence-electron chi connectivity index (χ3n) is 2.54. The van der Waals surface area contributed by atoms with Crippen molar-refractivity contribution in [2.24, 2.45) is 0 Å². The third-order valence-corrected chi connectivity index (χ3v) is 5.85. The summed E-state index contributed by atoms with van der Waals surface area (Å²) >= 11 is 1.24. The molecule has 0 aromatic carbocycles. The van der Waals surface area contributed by atoms with Gasteiger partial charge in [-0.05, 0) is 25.5 Å². The highest BCUT2D eigenvalue weighted by molar-refractivity contribution is 7.91. The minimum Gasteiger partial charge on any atom is -0.355 e. The number of sulfonamides is 1. The summed E-state index contributed by atoms with van der Waals surface area (Å²) in [7, 11) is -3.51. The van der Waals surface area contributed by atoms with Gasteiger partial charge >= 0.3 is 0 Å². The van der Waals surface area contributed by atoms with Crippen molar-refractivity contribution in [3.8, 4) is 0 Å². The molecule has 1 fully saturated rings. The number of rotatable bonds is 2. The summed E-state index contributed by atoms with van der Waals surface area (Å²) in [6, 6.07) is 3.37. The van der Waals surface area contributed by atoms with Gasteiger partial charge in [0, 0.05) is 18.0 Å². The smallest absolute Gasteiger partial charge is 0.253 e. The molecule has 1 saturated heterocycles. The summed E-state index contributed by atoms with van der Waals surface area (Å²) in [6.07, 6.45) is 0.648. The van der Waals surface area contributed by atoms with Crippen molar-refractivity contribution >= 4 is 27.3 Å². The molecule has 2 rings (SSSR count). The molecule has 7 heteroatoms. The second-order valence-electron chi connectivity index (χ2n) is 3.91. The zero-order valence-electron chi connectivity index (χ0n) is 9.47. The zero-order valence-corrected chi connectivity index (χ0v) is 11.1. The van der Waals surface area contributed by atoms with Gasteiger partial charge in [-0.25, -0.2) is 8.42 Å². The molecule has 17 heavy (non-hydrogen) atoms. The second kappa shape index (κ2) is 4.75.